The Labute approximate surface area is 124 Å². The van der Waals surface area contributed by atoms with E-state index < -0.39 is 5.97 Å². The average molecular weight is 305 g/mol. The zero-order valence-corrected chi connectivity index (χ0v) is 11.7. The molecule has 108 valence electrons. The molecule has 1 N–H and O–H groups in total. The minimum absolute atomic E-state index is 0.272. The second-order valence-corrected chi connectivity index (χ2v) is 4.91. The van der Waals surface area contributed by atoms with Gasteiger partial charge in [-0.1, -0.05) is 11.8 Å². The maximum atomic E-state index is 10.6. The molecular formula is C12H11N5O3S. The van der Waals surface area contributed by atoms with Crippen molar-refractivity contribution < 1.29 is 14.6 Å². The Bertz CT molecular complexity index is 650. The molecule has 0 spiro atoms. The predicted molar refractivity (Wildman–Crippen MR) is 72.8 cm³/mol. The van der Waals surface area contributed by atoms with Gasteiger partial charge in [0.1, 0.15) is 12.3 Å². The zero-order valence-electron chi connectivity index (χ0n) is 10.8. The molecule has 0 radical (unpaired) electrons. The minimum Gasteiger partial charge on any atom is -0.493 e. The first-order valence-corrected chi connectivity index (χ1v) is 6.91. The molecule has 0 bridgehead atoms. The van der Waals surface area contributed by atoms with Crippen molar-refractivity contribution in [1.29, 1.82) is 5.26 Å². The molecule has 1 aromatic carbocycles. The van der Waals surface area contributed by atoms with Gasteiger partial charge in [-0.3, -0.25) is 4.79 Å². The summed E-state index contributed by atoms with van der Waals surface area (Å²) in [5, 5.41) is 28.6. The van der Waals surface area contributed by atoms with E-state index in [0.717, 1.165) is 0 Å². The standard InChI is InChI=1S/C12H11N5O3S/c13-7-9-1-3-10(4-2-9)20-5-6-21-12-14-15-16-17(12)8-11(18)19/h1-4H,5-6,8H2,(H,18,19). The molecule has 0 amide bonds. The lowest BCUT2D eigenvalue weighted by Crippen LogP contribution is -2.12. The normalized spacial score (nSPS) is 10.0. The van der Waals surface area contributed by atoms with Crippen molar-refractivity contribution in [3.05, 3.63) is 29.8 Å². The SMILES string of the molecule is N#Cc1ccc(OCCSc2nnnn2CC(=O)O)cc1. The largest absolute Gasteiger partial charge is 0.493 e. The number of benzene rings is 1. The van der Waals surface area contributed by atoms with E-state index in [0.29, 0.717) is 28.8 Å². The molecule has 0 unspecified atom stereocenters. The van der Waals surface area contributed by atoms with Crippen LogP contribution in [-0.2, 0) is 11.3 Å². The first kappa shape index (κ1) is 14.8. The quantitative estimate of drug-likeness (QED) is 0.590. The predicted octanol–water partition coefficient (Wildman–Crippen LogP) is 0.800. The monoisotopic (exact) mass is 305 g/mol. The molecule has 0 aliphatic rings. The third-order valence-electron chi connectivity index (χ3n) is 2.35. The van der Waals surface area contributed by atoms with Crippen molar-refractivity contribution in [2.24, 2.45) is 0 Å². The second-order valence-electron chi connectivity index (χ2n) is 3.85. The minimum atomic E-state index is -1.00. The number of carboxylic acids is 1. The molecule has 1 heterocycles. The number of tetrazole rings is 1. The average Bonchev–Trinajstić information content (AvgIpc) is 2.91. The number of thioether (sulfide) groups is 1. The van der Waals surface area contributed by atoms with E-state index in [-0.39, 0.29) is 6.54 Å². The van der Waals surface area contributed by atoms with Crippen molar-refractivity contribution in [2.45, 2.75) is 11.7 Å². The lowest BCUT2D eigenvalue weighted by molar-refractivity contribution is -0.138. The maximum Gasteiger partial charge on any atom is 0.325 e. The molecule has 8 nitrogen and oxygen atoms in total. The number of carboxylic acid groups (broad SMARTS) is 1. The van der Waals surface area contributed by atoms with Crippen LogP contribution in [0.3, 0.4) is 0 Å². The molecule has 0 atom stereocenters. The second kappa shape index (κ2) is 7.25. The van der Waals surface area contributed by atoms with E-state index in [1.807, 2.05) is 6.07 Å². The van der Waals surface area contributed by atoms with E-state index in [1.54, 1.807) is 24.3 Å². The fourth-order valence-corrected chi connectivity index (χ4v) is 2.14. The van der Waals surface area contributed by atoms with Crippen molar-refractivity contribution >= 4 is 17.7 Å². The van der Waals surface area contributed by atoms with E-state index in [1.165, 1.54) is 16.4 Å². The highest BCUT2D eigenvalue weighted by atomic mass is 32.2. The number of aromatic nitrogens is 4. The van der Waals surface area contributed by atoms with Crippen LogP contribution in [0.2, 0.25) is 0 Å². The van der Waals surface area contributed by atoms with Gasteiger partial charge in [0.2, 0.25) is 5.16 Å². The third kappa shape index (κ3) is 4.47. The number of hydrogen-bond acceptors (Lipinski definition) is 7. The summed E-state index contributed by atoms with van der Waals surface area (Å²) in [7, 11) is 0. The summed E-state index contributed by atoms with van der Waals surface area (Å²) in [6.07, 6.45) is 0. The van der Waals surface area contributed by atoms with Gasteiger partial charge in [0.05, 0.1) is 18.2 Å². The van der Waals surface area contributed by atoms with Crippen molar-refractivity contribution in [1.82, 2.24) is 20.2 Å². The molecule has 9 heteroatoms. The molecule has 21 heavy (non-hydrogen) atoms. The van der Waals surface area contributed by atoms with Gasteiger partial charge in [0, 0.05) is 5.75 Å². The number of rotatable bonds is 7. The maximum absolute atomic E-state index is 10.6. The molecule has 0 saturated heterocycles. The molecule has 1 aromatic heterocycles. The first-order valence-electron chi connectivity index (χ1n) is 5.93. The molecule has 0 aliphatic carbocycles. The summed E-state index contributed by atoms with van der Waals surface area (Å²) in [5.74, 6) is 0.234. The summed E-state index contributed by atoms with van der Waals surface area (Å²) in [5.41, 5.74) is 0.574. The van der Waals surface area contributed by atoms with Crippen LogP contribution >= 0.6 is 11.8 Å². The van der Waals surface area contributed by atoms with Crippen LogP contribution in [0.5, 0.6) is 5.75 Å². The highest BCUT2D eigenvalue weighted by Crippen LogP contribution is 2.15. The summed E-state index contributed by atoms with van der Waals surface area (Å²) in [6.45, 7) is 0.141. The van der Waals surface area contributed by atoms with Crippen LogP contribution in [0.25, 0.3) is 0 Å². The van der Waals surface area contributed by atoms with Gasteiger partial charge in [0.15, 0.2) is 0 Å². The van der Waals surface area contributed by atoms with Crippen molar-refractivity contribution in [3.8, 4) is 11.8 Å². The number of hydrogen-bond donors (Lipinski definition) is 1. The summed E-state index contributed by atoms with van der Waals surface area (Å²) in [4.78, 5) is 10.6. The number of ether oxygens (including phenoxy) is 1. The number of nitrogens with zero attached hydrogens (tertiary/aromatic N) is 5. The zero-order chi connectivity index (χ0) is 15.1. The van der Waals surface area contributed by atoms with Crippen LogP contribution in [0.15, 0.2) is 29.4 Å². The van der Waals surface area contributed by atoms with Crippen molar-refractivity contribution in [3.63, 3.8) is 0 Å². The number of nitriles is 1. The third-order valence-corrected chi connectivity index (χ3v) is 3.27. The lowest BCUT2D eigenvalue weighted by Gasteiger charge is -2.05. The van der Waals surface area contributed by atoms with E-state index in [2.05, 4.69) is 15.5 Å². The van der Waals surface area contributed by atoms with E-state index in [4.69, 9.17) is 15.1 Å². The number of carbonyl (C=O) groups is 1. The van der Waals surface area contributed by atoms with E-state index in [9.17, 15) is 4.79 Å². The van der Waals surface area contributed by atoms with Gasteiger partial charge in [0.25, 0.3) is 0 Å². The van der Waals surface area contributed by atoms with Gasteiger partial charge < -0.3 is 9.84 Å². The van der Waals surface area contributed by atoms with Crippen LogP contribution in [0.1, 0.15) is 5.56 Å². The van der Waals surface area contributed by atoms with Crippen LogP contribution in [0.4, 0.5) is 0 Å². The molecule has 0 saturated carbocycles. The summed E-state index contributed by atoms with van der Waals surface area (Å²) in [6, 6.07) is 8.82. The lowest BCUT2D eigenvalue weighted by atomic mass is 10.2. The Kier molecular flexibility index (Phi) is 5.11. The topological polar surface area (TPSA) is 114 Å². The smallest absolute Gasteiger partial charge is 0.325 e. The van der Waals surface area contributed by atoms with Gasteiger partial charge in [-0.15, -0.1) is 5.10 Å². The van der Waals surface area contributed by atoms with Gasteiger partial charge in [-0.2, -0.15) is 5.26 Å². The fraction of sp³-hybridized carbons (Fsp3) is 0.250. The fourth-order valence-electron chi connectivity index (χ4n) is 1.45. The molecular weight excluding hydrogens is 294 g/mol. The van der Waals surface area contributed by atoms with Crippen molar-refractivity contribution in [2.75, 3.05) is 12.4 Å². The molecule has 2 rings (SSSR count). The Morgan fingerprint density at radius 1 is 1.43 bits per heavy atom. The highest BCUT2D eigenvalue weighted by Gasteiger charge is 2.09. The Morgan fingerprint density at radius 3 is 2.86 bits per heavy atom. The Hall–Kier alpha value is -2.60. The highest BCUT2D eigenvalue weighted by molar-refractivity contribution is 7.99. The molecule has 2 aromatic rings. The van der Waals surface area contributed by atoms with E-state index >= 15 is 0 Å². The molecule has 0 fully saturated rings. The summed E-state index contributed by atoms with van der Waals surface area (Å²) < 4.78 is 6.72. The number of aliphatic carboxylic acids is 1. The Morgan fingerprint density at radius 2 is 2.19 bits per heavy atom. The van der Waals surface area contributed by atoms with Crippen LogP contribution in [0, 0.1) is 11.3 Å². The Balaban J connectivity index is 1.78. The van der Waals surface area contributed by atoms with Crippen LogP contribution < -0.4 is 4.74 Å². The van der Waals surface area contributed by atoms with Gasteiger partial charge in [-0.25, -0.2) is 4.68 Å². The van der Waals surface area contributed by atoms with Crippen LogP contribution in [-0.4, -0.2) is 43.6 Å². The molecule has 0 aliphatic heterocycles. The summed E-state index contributed by atoms with van der Waals surface area (Å²) >= 11 is 1.31. The van der Waals surface area contributed by atoms with Gasteiger partial charge >= 0.3 is 5.97 Å². The van der Waals surface area contributed by atoms with Gasteiger partial charge in [-0.05, 0) is 34.7 Å². The first-order chi connectivity index (χ1) is 10.2.